The van der Waals surface area contributed by atoms with Gasteiger partial charge in [-0.05, 0) is 11.6 Å². The molecule has 0 N–H and O–H groups in total. The molecule has 0 unspecified atom stereocenters. The van der Waals surface area contributed by atoms with Gasteiger partial charge in [0.2, 0.25) is 0 Å². The molecular weight excluding hydrogens is 252 g/mol. The highest BCUT2D eigenvalue weighted by Crippen LogP contribution is 2.08. The van der Waals surface area contributed by atoms with Crippen LogP contribution < -0.4 is 0 Å². The van der Waals surface area contributed by atoms with Crippen LogP contribution in [0.5, 0.6) is 0 Å². The summed E-state index contributed by atoms with van der Waals surface area (Å²) >= 11 is 0. The lowest BCUT2D eigenvalue weighted by Gasteiger charge is -2.01. The number of ketones is 1. The molecule has 0 spiro atoms. The Morgan fingerprint density at radius 2 is 2.05 bits per heavy atom. The fourth-order valence-corrected chi connectivity index (χ4v) is 2.07. The van der Waals surface area contributed by atoms with Crippen molar-refractivity contribution in [2.45, 2.75) is 13.0 Å². The summed E-state index contributed by atoms with van der Waals surface area (Å²) < 4.78 is 6.89. The normalized spacial score (nSPS) is 10.6. The number of carbonyl (C=O) groups is 1. The van der Waals surface area contributed by atoms with Crippen molar-refractivity contribution >= 4 is 5.78 Å². The van der Waals surface area contributed by atoms with Crippen LogP contribution in [0, 0.1) is 0 Å². The first kappa shape index (κ1) is 12.4. The molecule has 20 heavy (non-hydrogen) atoms. The average molecular weight is 266 g/mol. The number of Topliss-reactive ketones (excluding diaryl/α,β-unsaturated/α-hetero) is 1. The zero-order chi connectivity index (χ0) is 13.8. The Bertz CT molecular complexity index is 684. The molecular formula is C16H14N2O2. The van der Waals surface area contributed by atoms with Gasteiger partial charge < -0.3 is 8.98 Å². The van der Waals surface area contributed by atoms with Crippen molar-refractivity contribution in [2.75, 3.05) is 0 Å². The van der Waals surface area contributed by atoms with Gasteiger partial charge in [-0.1, -0.05) is 30.3 Å². The molecule has 0 fully saturated rings. The Morgan fingerprint density at radius 3 is 2.80 bits per heavy atom. The fourth-order valence-electron chi connectivity index (χ4n) is 2.07. The summed E-state index contributed by atoms with van der Waals surface area (Å²) in [7, 11) is 0. The molecule has 2 heterocycles. The maximum Gasteiger partial charge on any atom is 0.172 e. The number of hydrogen-bond donors (Lipinski definition) is 0. The van der Waals surface area contributed by atoms with Crippen LogP contribution in [0.4, 0.5) is 0 Å². The molecule has 0 aliphatic carbocycles. The van der Waals surface area contributed by atoms with Crippen molar-refractivity contribution in [1.29, 1.82) is 0 Å². The number of imidazole rings is 1. The molecule has 0 atom stereocenters. The van der Waals surface area contributed by atoms with Gasteiger partial charge in [-0.3, -0.25) is 4.79 Å². The van der Waals surface area contributed by atoms with Crippen LogP contribution in [-0.4, -0.2) is 15.3 Å². The van der Waals surface area contributed by atoms with Crippen LogP contribution >= 0.6 is 0 Å². The third-order valence-corrected chi connectivity index (χ3v) is 3.08. The summed E-state index contributed by atoms with van der Waals surface area (Å²) in [6.07, 6.45) is 6.92. The molecule has 0 saturated heterocycles. The average Bonchev–Trinajstić information content (AvgIpc) is 3.11. The van der Waals surface area contributed by atoms with E-state index >= 15 is 0 Å². The lowest BCUT2D eigenvalue weighted by Crippen LogP contribution is -2.02. The number of carbonyl (C=O) groups excluding carboxylic acids is 1. The lowest BCUT2D eigenvalue weighted by molar-refractivity contribution is 0.0991. The molecule has 100 valence electrons. The molecule has 3 rings (SSSR count). The molecule has 4 nitrogen and oxygen atoms in total. The number of aromatic nitrogens is 2. The summed E-state index contributed by atoms with van der Waals surface area (Å²) in [6.45, 7) is 0.758. The zero-order valence-electron chi connectivity index (χ0n) is 10.9. The number of rotatable bonds is 5. The van der Waals surface area contributed by atoms with Crippen molar-refractivity contribution in [3.63, 3.8) is 0 Å². The molecule has 3 aromatic rings. The highest BCUT2D eigenvalue weighted by Gasteiger charge is 2.10. The lowest BCUT2D eigenvalue weighted by atomic mass is 10.1. The SMILES string of the molecule is O=C(Cc1cn(Cc2ccccc2)cn1)c1ccoc1. The summed E-state index contributed by atoms with van der Waals surface area (Å²) in [6, 6.07) is 11.8. The summed E-state index contributed by atoms with van der Waals surface area (Å²) in [5, 5.41) is 0. The number of hydrogen-bond acceptors (Lipinski definition) is 3. The van der Waals surface area contributed by atoms with Gasteiger partial charge >= 0.3 is 0 Å². The van der Waals surface area contributed by atoms with E-state index in [0.717, 1.165) is 12.2 Å². The van der Waals surface area contributed by atoms with Crippen LogP contribution in [0.1, 0.15) is 21.6 Å². The highest BCUT2D eigenvalue weighted by molar-refractivity contribution is 5.96. The second kappa shape index (κ2) is 5.57. The number of benzene rings is 1. The largest absolute Gasteiger partial charge is 0.472 e. The van der Waals surface area contributed by atoms with E-state index < -0.39 is 0 Å². The molecule has 0 radical (unpaired) electrons. The number of furan rings is 1. The minimum absolute atomic E-state index is 0.0173. The Labute approximate surface area is 116 Å². The van der Waals surface area contributed by atoms with Crippen molar-refractivity contribution in [3.8, 4) is 0 Å². The first-order valence-electron chi connectivity index (χ1n) is 6.41. The Hall–Kier alpha value is -2.62. The van der Waals surface area contributed by atoms with Gasteiger partial charge in [0.15, 0.2) is 5.78 Å². The summed E-state index contributed by atoms with van der Waals surface area (Å²) in [4.78, 5) is 16.2. The monoisotopic (exact) mass is 266 g/mol. The van der Waals surface area contributed by atoms with Crippen molar-refractivity contribution < 1.29 is 9.21 Å². The first-order valence-corrected chi connectivity index (χ1v) is 6.41. The van der Waals surface area contributed by atoms with Crippen LogP contribution in [0.2, 0.25) is 0 Å². The van der Waals surface area contributed by atoms with Crippen LogP contribution in [0.3, 0.4) is 0 Å². The van der Waals surface area contributed by atoms with Crippen LogP contribution in [0.15, 0.2) is 65.9 Å². The van der Waals surface area contributed by atoms with E-state index in [0.29, 0.717) is 12.0 Å². The van der Waals surface area contributed by atoms with Crippen molar-refractivity contribution in [1.82, 2.24) is 9.55 Å². The van der Waals surface area contributed by atoms with Crippen LogP contribution in [-0.2, 0) is 13.0 Å². The van der Waals surface area contributed by atoms with E-state index in [1.807, 2.05) is 29.0 Å². The van der Waals surface area contributed by atoms with E-state index in [4.69, 9.17) is 4.42 Å². The predicted molar refractivity (Wildman–Crippen MR) is 74.5 cm³/mol. The molecule has 2 aromatic heterocycles. The molecule has 0 aliphatic heterocycles. The van der Waals surface area contributed by atoms with Gasteiger partial charge in [0.25, 0.3) is 0 Å². The Kier molecular flexibility index (Phi) is 3.46. The summed E-state index contributed by atoms with van der Waals surface area (Å²) in [5.41, 5.74) is 2.56. The topological polar surface area (TPSA) is 48.0 Å². The first-order chi connectivity index (χ1) is 9.81. The minimum Gasteiger partial charge on any atom is -0.472 e. The predicted octanol–water partition coefficient (Wildman–Crippen LogP) is 2.95. The van der Waals surface area contributed by atoms with E-state index in [2.05, 4.69) is 17.1 Å². The molecule has 0 amide bonds. The van der Waals surface area contributed by atoms with Crippen LogP contribution in [0.25, 0.3) is 0 Å². The highest BCUT2D eigenvalue weighted by atomic mass is 16.3. The second-order valence-corrected chi connectivity index (χ2v) is 4.63. The maximum atomic E-state index is 11.9. The quantitative estimate of drug-likeness (QED) is 0.667. The molecule has 0 bridgehead atoms. The van der Waals surface area contributed by atoms with Gasteiger partial charge in [0, 0.05) is 12.7 Å². The number of nitrogens with zero attached hydrogens (tertiary/aromatic N) is 2. The molecule has 1 aromatic carbocycles. The van der Waals surface area contributed by atoms with Gasteiger partial charge in [-0.15, -0.1) is 0 Å². The summed E-state index contributed by atoms with van der Waals surface area (Å²) in [5.74, 6) is 0.0173. The Morgan fingerprint density at radius 1 is 1.20 bits per heavy atom. The van der Waals surface area contributed by atoms with E-state index in [-0.39, 0.29) is 5.78 Å². The Balaban J connectivity index is 1.67. The smallest absolute Gasteiger partial charge is 0.172 e. The van der Waals surface area contributed by atoms with Gasteiger partial charge in [-0.2, -0.15) is 0 Å². The van der Waals surface area contributed by atoms with E-state index in [1.165, 1.54) is 18.1 Å². The maximum absolute atomic E-state index is 11.9. The second-order valence-electron chi connectivity index (χ2n) is 4.63. The molecule has 0 saturated carbocycles. The van der Waals surface area contributed by atoms with E-state index in [1.54, 1.807) is 12.4 Å². The van der Waals surface area contributed by atoms with Crippen molar-refractivity contribution in [2.24, 2.45) is 0 Å². The third kappa shape index (κ3) is 2.85. The van der Waals surface area contributed by atoms with Crippen molar-refractivity contribution in [3.05, 3.63) is 78.3 Å². The van der Waals surface area contributed by atoms with Gasteiger partial charge in [0.05, 0.1) is 30.3 Å². The van der Waals surface area contributed by atoms with Gasteiger partial charge in [0.1, 0.15) is 6.26 Å². The third-order valence-electron chi connectivity index (χ3n) is 3.08. The molecule has 4 heteroatoms. The standard InChI is InChI=1S/C16H14N2O2/c19-16(14-6-7-20-11-14)8-15-10-18(12-17-15)9-13-4-2-1-3-5-13/h1-7,10-12H,8-9H2. The fraction of sp³-hybridized carbons (Fsp3) is 0.125. The molecule has 0 aliphatic rings. The van der Waals surface area contributed by atoms with E-state index in [9.17, 15) is 4.79 Å². The zero-order valence-corrected chi connectivity index (χ0v) is 10.9. The minimum atomic E-state index is 0.0173. The van der Waals surface area contributed by atoms with Gasteiger partial charge in [-0.25, -0.2) is 4.98 Å².